The van der Waals surface area contributed by atoms with Crippen molar-refractivity contribution >= 4 is 8.58 Å². The molecule has 1 heteroatoms. The van der Waals surface area contributed by atoms with E-state index in [1.807, 2.05) is 5.31 Å². The first-order chi connectivity index (χ1) is 8.38. The molecule has 2 rings (SSSR count). The topological polar surface area (TPSA) is 0 Å². The van der Waals surface area contributed by atoms with Crippen LogP contribution in [0.25, 0.3) is 0 Å². The molecular weight excluding hydrogens is 223 g/mol. The standard InChI is InChI=1S/C16H29P/c1-2-8-16(17-15-11-6-7-12-15)13-14-9-4-3-5-10-14/h13-15,17H,2-12H2,1H3. The maximum Gasteiger partial charge on any atom is -0.0199 e. The molecule has 1 unspecified atom stereocenters. The zero-order valence-corrected chi connectivity index (χ0v) is 12.5. The van der Waals surface area contributed by atoms with Crippen molar-refractivity contribution in [3.63, 3.8) is 0 Å². The minimum Gasteiger partial charge on any atom is -0.0920 e. The lowest BCUT2D eigenvalue weighted by Crippen LogP contribution is -2.04. The van der Waals surface area contributed by atoms with Gasteiger partial charge in [-0.25, -0.2) is 0 Å². The third-order valence-electron chi connectivity index (χ3n) is 4.35. The van der Waals surface area contributed by atoms with E-state index in [0.29, 0.717) is 0 Å². The average molecular weight is 252 g/mol. The molecule has 0 spiro atoms. The van der Waals surface area contributed by atoms with Crippen molar-refractivity contribution in [2.75, 3.05) is 0 Å². The fourth-order valence-electron chi connectivity index (χ4n) is 3.39. The SMILES string of the molecule is CCCC(=CC1CCCCC1)PC1CCCC1. The lowest BCUT2D eigenvalue weighted by Gasteiger charge is -2.21. The molecule has 0 radical (unpaired) electrons. The molecule has 0 aliphatic heterocycles. The second kappa shape index (κ2) is 7.57. The van der Waals surface area contributed by atoms with Gasteiger partial charge in [0.2, 0.25) is 0 Å². The zero-order valence-electron chi connectivity index (χ0n) is 11.5. The molecule has 1 atom stereocenters. The Balaban J connectivity index is 1.86. The van der Waals surface area contributed by atoms with Crippen LogP contribution in [-0.2, 0) is 0 Å². The first kappa shape index (κ1) is 13.6. The minimum atomic E-state index is 0.944. The summed E-state index contributed by atoms with van der Waals surface area (Å²) >= 11 is 0. The van der Waals surface area contributed by atoms with Gasteiger partial charge in [-0.3, -0.25) is 0 Å². The molecule has 0 aromatic carbocycles. The smallest absolute Gasteiger partial charge is 0.0199 e. The van der Waals surface area contributed by atoms with E-state index in [2.05, 4.69) is 13.0 Å². The Morgan fingerprint density at radius 3 is 2.29 bits per heavy atom. The summed E-state index contributed by atoms with van der Waals surface area (Å²) in [5, 5.41) is 1.84. The number of allylic oxidation sites excluding steroid dienone is 2. The van der Waals surface area contributed by atoms with Crippen LogP contribution >= 0.6 is 8.58 Å². The van der Waals surface area contributed by atoms with E-state index in [9.17, 15) is 0 Å². The average Bonchev–Trinajstić information content (AvgIpc) is 2.83. The van der Waals surface area contributed by atoms with E-state index < -0.39 is 0 Å². The van der Waals surface area contributed by atoms with Gasteiger partial charge in [0.25, 0.3) is 0 Å². The lowest BCUT2D eigenvalue weighted by molar-refractivity contribution is 0.418. The van der Waals surface area contributed by atoms with Crippen LogP contribution in [0.1, 0.15) is 77.6 Å². The van der Waals surface area contributed by atoms with Gasteiger partial charge in [-0.1, -0.05) is 65.4 Å². The summed E-state index contributed by atoms with van der Waals surface area (Å²) in [6, 6.07) is 0. The van der Waals surface area contributed by atoms with Crippen molar-refractivity contribution in [2.24, 2.45) is 5.92 Å². The van der Waals surface area contributed by atoms with Crippen LogP contribution in [0.15, 0.2) is 11.4 Å². The fourth-order valence-corrected chi connectivity index (χ4v) is 5.34. The molecule has 98 valence electrons. The van der Waals surface area contributed by atoms with E-state index >= 15 is 0 Å². The summed E-state index contributed by atoms with van der Waals surface area (Å²) in [5.41, 5.74) is 1.07. The van der Waals surface area contributed by atoms with Crippen LogP contribution in [0.5, 0.6) is 0 Å². The predicted molar refractivity (Wildman–Crippen MR) is 80.1 cm³/mol. The van der Waals surface area contributed by atoms with Gasteiger partial charge in [0, 0.05) is 0 Å². The van der Waals surface area contributed by atoms with Crippen molar-refractivity contribution < 1.29 is 0 Å². The maximum absolute atomic E-state index is 2.71. The van der Waals surface area contributed by atoms with Crippen LogP contribution in [0.3, 0.4) is 0 Å². The molecule has 0 saturated heterocycles. The van der Waals surface area contributed by atoms with Crippen LogP contribution in [-0.4, -0.2) is 5.66 Å². The summed E-state index contributed by atoms with van der Waals surface area (Å²) in [6.07, 6.45) is 18.9. The monoisotopic (exact) mass is 252 g/mol. The second-order valence-electron chi connectivity index (χ2n) is 5.97. The second-order valence-corrected chi connectivity index (χ2v) is 7.71. The maximum atomic E-state index is 2.71. The van der Waals surface area contributed by atoms with Gasteiger partial charge in [-0.05, 0) is 43.7 Å². The highest BCUT2D eigenvalue weighted by Gasteiger charge is 2.17. The Morgan fingerprint density at radius 1 is 1.00 bits per heavy atom. The highest BCUT2D eigenvalue weighted by molar-refractivity contribution is 7.43. The van der Waals surface area contributed by atoms with E-state index in [-0.39, 0.29) is 0 Å². The Kier molecular flexibility index (Phi) is 6.06. The first-order valence-corrected chi connectivity index (χ1v) is 8.93. The van der Waals surface area contributed by atoms with E-state index in [4.69, 9.17) is 0 Å². The Morgan fingerprint density at radius 2 is 1.65 bits per heavy atom. The van der Waals surface area contributed by atoms with Crippen molar-refractivity contribution in [3.05, 3.63) is 11.4 Å². The van der Waals surface area contributed by atoms with Crippen LogP contribution in [0.2, 0.25) is 0 Å². The highest BCUT2D eigenvalue weighted by atomic mass is 31.1. The Hall–Kier alpha value is 0.170. The van der Waals surface area contributed by atoms with Gasteiger partial charge >= 0.3 is 0 Å². The van der Waals surface area contributed by atoms with Crippen LogP contribution in [0, 0.1) is 5.92 Å². The van der Waals surface area contributed by atoms with Gasteiger partial charge in [-0.2, -0.15) is 0 Å². The molecule has 0 amide bonds. The third kappa shape index (κ3) is 4.74. The van der Waals surface area contributed by atoms with E-state index in [0.717, 1.165) is 11.6 Å². The van der Waals surface area contributed by atoms with E-state index in [1.165, 1.54) is 79.2 Å². The molecule has 0 nitrogen and oxygen atoms in total. The quantitative estimate of drug-likeness (QED) is 0.537. The molecule has 2 aliphatic rings. The van der Waals surface area contributed by atoms with E-state index in [1.54, 1.807) is 0 Å². The van der Waals surface area contributed by atoms with Crippen LogP contribution in [0.4, 0.5) is 0 Å². The molecule has 17 heavy (non-hydrogen) atoms. The molecule has 2 saturated carbocycles. The largest absolute Gasteiger partial charge is 0.0920 e. The molecular formula is C16H29P. The lowest BCUT2D eigenvalue weighted by atomic mass is 9.89. The van der Waals surface area contributed by atoms with Crippen molar-refractivity contribution in [3.8, 4) is 0 Å². The van der Waals surface area contributed by atoms with Gasteiger partial charge < -0.3 is 0 Å². The summed E-state index contributed by atoms with van der Waals surface area (Å²) in [5.74, 6) is 0.944. The molecule has 0 bridgehead atoms. The number of rotatable bonds is 5. The first-order valence-electron chi connectivity index (χ1n) is 7.85. The molecule has 0 heterocycles. The Labute approximate surface area is 109 Å². The minimum absolute atomic E-state index is 0.944. The highest BCUT2D eigenvalue weighted by Crippen LogP contribution is 2.42. The van der Waals surface area contributed by atoms with Crippen molar-refractivity contribution in [1.82, 2.24) is 0 Å². The molecule has 2 fully saturated rings. The predicted octanol–water partition coefficient (Wildman–Crippen LogP) is 5.87. The summed E-state index contributed by atoms with van der Waals surface area (Å²) in [4.78, 5) is 0. The van der Waals surface area contributed by atoms with Crippen molar-refractivity contribution in [1.29, 1.82) is 0 Å². The summed E-state index contributed by atoms with van der Waals surface area (Å²) < 4.78 is 0. The molecule has 0 aromatic heterocycles. The van der Waals surface area contributed by atoms with Gasteiger partial charge in [0.1, 0.15) is 0 Å². The molecule has 2 aliphatic carbocycles. The molecule has 0 N–H and O–H groups in total. The normalized spacial score (nSPS) is 25.1. The van der Waals surface area contributed by atoms with Gasteiger partial charge in [-0.15, -0.1) is 0 Å². The molecule has 0 aromatic rings. The Bertz CT molecular complexity index is 232. The third-order valence-corrected chi connectivity index (χ3v) is 6.12. The van der Waals surface area contributed by atoms with Crippen LogP contribution < -0.4 is 0 Å². The summed E-state index contributed by atoms with van der Waals surface area (Å²) in [7, 11) is 1.17. The fraction of sp³-hybridized carbons (Fsp3) is 0.875. The zero-order chi connectivity index (χ0) is 11.9. The number of hydrogen-bond donors (Lipinski definition) is 0. The van der Waals surface area contributed by atoms with Crippen molar-refractivity contribution in [2.45, 2.75) is 83.2 Å². The number of hydrogen-bond acceptors (Lipinski definition) is 0. The summed E-state index contributed by atoms with van der Waals surface area (Å²) in [6.45, 7) is 2.34. The van der Waals surface area contributed by atoms with Gasteiger partial charge in [0.15, 0.2) is 0 Å². The van der Waals surface area contributed by atoms with Gasteiger partial charge in [0.05, 0.1) is 0 Å².